The molecule has 1 aromatic carbocycles. The van der Waals surface area contributed by atoms with Gasteiger partial charge in [-0.1, -0.05) is 32.4 Å². The number of benzene rings is 1. The molecule has 0 aromatic heterocycles. The zero-order valence-electron chi connectivity index (χ0n) is 16.4. The summed E-state index contributed by atoms with van der Waals surface area (Å²) in [6.07, 6.45) is 4.65. The summed E-state index contributed by atoms with van der Waals surface area (Å²) >= 11 is 0. The van der Waals surface area contributed by atoms with E-state index in [1.807, 2.05) is 31.2 Å². The van der Waals surface area contributed by atoms with Gasteiger partial charge in [0.1, 0.15) is 0 Å². The molecule has 1 amide bonds. The number of hydrogen-bond donors (Lipinski definition) is 3. The number of nitrogens with one attached hydrogen (secondary N) is 3. The van der Waals surface area contributed by atoms with Crippen LogP contribution in [0.3, 0.4) is 0 Å². The van der Waals surface area contributed by atoms with Crippen molar-refractivity contribution >= 4 is 17.6 Å². The maximum absolute atomic E-state index is 11.6. The lowest BCUT2D eigenvalue weighted by molar-refractivity contribution is -0.116. The molecule has 0 spiro atoms. The summed E-state index contributed by atoms with van der Waals surface area (Å²) in [5.74, 6) is 0.834. The molecule has 0 fully saturated rings. The predicted molar refractivity (Wildman–Crippen MR) is 109 cm³/mol. The third-order valence-electron chi connectivity index (χ3n) is 3.80. The average molecular weight is 363 g/mol. The molecule has 1 rings (SSSR count). The molecule has 6 nitrogen and oxygen atoms in total. The molecule has 0 saturated carbocycles. The highest BCUT2D eigenvalue weighted by atomic mass is 16.5. The Labute approximate surface area is 157 Å². The molecule has 0 atom stereocenters. The summed E-state index contributed by atoms with van der Waals surface area (Å²) in [4.78, 5) is 15.8. The van der Waals surface area contributed by atoms with Gasteiger partial charge >= 0.3 is 0 Å². The second kappa shape index (κ2) is 14.1. The molecule has 146 valence electrons. The highest BCUT2D eigenvalue weighted by Gasteiger charge is 2.02. The van der Waals surface area contributed by atoms with Crippen LogP contribution in [-0.4, -0.2) is 38.7 Å². The van der Waals surface area contributed by atoms with E-state index in [0.29, 0.717) is 13.0 Å². The van der Waals surface area contributed by atoms with E-state index in [4.69, 9.17) is 4.74 Å². The zero-order chi connectivity index (χ0) is 19.0. The van der Waals surface area contributed by atoms with Gasteiger partial charge in [0.15, 0.2) is 5.96 Å². The van der Waals surface area contributed by atoms with Crippen LogP contribution in [0.5, 0.6) is 0 Å². The van der Waals surface area contributed by atoms with Crippen LogP contribution < -0.4 is 16.0 Å². The number of nitrogens with zero attached hydrogens (tertiary/aromatic N) is 1. The van der Waals surface area contributed by atoms with Crippen molar-refractivity contribution in [3.63, 3.8) is 0 Å². The number of rotatable bonds is 12. The molecule has 6 heteroatoms. The van der Waals surface area contributed by atoms with Crippen molar-refractivity contribution in [2.75, 3.05) is 32.1 Å². The van der Waals surface area contributed by atoms with Crippen LogP contribution in [0.1, 0.15) is 51.5 Å². The fraction of sp³-hybridized carbons (Fsp3) is 0.600. The Hall–Kier alpha value is -2.08. The monoisotopic (exact) mass is 362 g/mol. The second-order valence-corrected chi connectivity index (χ2v) is 6.17. The maximum Gasteiger partial charge on any atom is 0.224 e. The molecule has 0 aliphatic rings. The largest absolute Gasteiger partial charge is 0.381 e. The first-order chi connectivity index (χ1) is 12.7. The van der Waals surface area contributed by atoms with Gasteiger partial charge in [-0.05, 0) is 37.0 Å². The number of amides is 1. The van der Waals surface area contributed by atoms with Gasteiger partial charge in [0.05, 0.1) is 0 Å². The molecular weight excluding hydrogens is 328 g/mol. The van der Waals surface area contributed by atoms with Gasteiger partial charge < -0.3 is 20.7 Å². The molecule has 0 radical (unpaired) electrons. The standard InChI is InChI=1S/C20H34N4O2/c1-4-6-14-26-15-7-13-22-20(21-3)23-16-17-9-11-18(12-10-17)24-19(25)8-5-2/h9-12H,4-8,13-16H2,1-3H3,(H,24,25)(H2,21,22,23). The Kier molecular flexibility index (Phi) is 11.9. The van der Waals surface area contributed by atoms with Crippen molar-refractivity contribution in [2.24, 2.45) is 4.99 Å². The first-order valence-corrected chi connectivity index (χ1v) is 9.60. The molecule has 0 aliphatic carbocycles. The fourth-order valence-electron chi connectivity index (χ4n) is 2.29. The van der Waals surface area contributed by atoms with Crippen molar-refractivity contribution < 1.29 is 9.53 Å². The van der Waals surface area contributed by atoms with Crippen LogP contribution >= 0.6 is 0 Å². The number of ether oxygens (including phenoxy) is 1. The molecule has 3 N–H and O–H groups in total. The highest BCUT2D eigenvalue weighted by molar-refractivity contribution is 5.90. The molecule has 1 aromatic rings. The van der Waals surface area contributed by atoms with E-state index in [1.165, 1.54) is 6.42 Å². The summed E-state index contributed by atoms with van der Waals surface area (Å²) in [5, 5.41) is 9.46. The smallest absolute Gasteiger partial charge is 0.224 e. The van der Waals surface area contributed by atoms with Gasteiger partial charge in [-0.25, -0.2) is 0 Å². The summed E-state index contributed by atoms with van der Waals surface area (Å²) in [6, 6.07) is 7.86. The van der Waals surface area contributed by atoms with Gasteiger partial charge in [-0.3, -0.25) is 9.79 Å². The van der Waals surface area contributed by atoms with Crippen molar-refractivity contribution in [3.8, 4) is 0 Å². The van der Waals surface area contributed by atoms with Crippen LogP contribution in [0.25, 0.3) is 0 Å². The summed E-state index contributed by atoms with van der Waals surface area (Å²) in [7, 11) is 1.76. The zero-order valence-corrected chi connectivity index (χ0v) is 16.4. The lowest BCUT2D eigenvalue weighted by Crippen LogP contribution is -2.37. The van der Waals surface area contributed by atoms with Crippen LogP contribution in [0.15, 0.2) is 29.3 Å². The lowest BCUT2D eigenvalue weighted by Gasteiger charge is -2.12. The number of guanidine groups is 1. The first-order valence-electron chi connectivity index (χ1n) is 9.60. The summed E-state index contributed by atoms with van der Waals surface area (Å²) in [6.45, 7) is 7.28. The Morgan fingerprint density at radius 3 is 2.42 bits per heavy atom. The minimum Gasteiger partial charge on any atom is -0.381 e. The molecule has 0 unspecified atom stereocenters. The van der Waals surface area contributed by atoms with Crippen LogP contribution in [-0.2, 0) is 16.1 Å². The van der Waals surface area contributed by atoms with E-state index >= 15 is 0 Å². The Morgan fingerprint density at radius 1 is 1.04 bits per heavy atom. The van der Waals surface area contributed by atoms with Crippen molar-refractivity contribution in [3.05, 3.63) is 29.8 Å². The topological polar surface area (TPSA) is 74.8 Å². The molecule has 0 bridgehead atoms. The van der Waals surface area contributed by atoms with E-state index in [0.717, 1.165) is 56.2 Å². The molecule has 0 heterocycles. The Morgan fingerprint density at radius 2 is 1.77 bits per heavy atom. The minimum atomic E-state index is 0.0571. The van der Waals surface area contributed by atoms with Gasteiger partial charge in [0.2, 0.25) is 5.91 Å². The van der Waals surface area contributed by atoms with E-state index in [2.05, 4.69) is 27.9 Å². The Balaban J connectivity index is 2.25. The third-order valence-corrected chi connectivity index (χ3v) is 3.80. The number of hydrogen-bond acceptors (Lipinski definition) is 3. The first kappa shape index (κ1) is 22.0. The van der Waals surface area contributed by atoms with Crippen molar-refractivity contribution in [1.29, 1.82) is 0 Å². The van der Waals surface area contributed by atoms with Crippen molar-refractivity contribution in [2.45, 2.75) is 52.5 Å². The third kappa shape index (κ3) is 10.0. The number of anilines is 1. The van der Waals surface area contributed by atoms with E-state index in [1.54, 1.807) is 7.05 Å². The molecule has 0 aliphatic heterocycles. The molecular formula is C20H34N4O2. The summed E-state index contributed by atoms with van der Waals surface area (Å²) < 4.78 is 5.54. The number of unbranched alkanes of at least 4 members (excludes halogenated alkanes) is 1. The van der Waals surface area contributed by atoms with E-state index in [-0.39, 0.29) is 5.91 Å². The predicted octanol–water partition coefficient (Wildman–Crippen LogP) is 3.30. The molecule has 0 saturated heterocycles. The minimum absolute atomic E-state index is 0.0571. The SMILES string of the molecule is CCCCOCCCNC(=NC)NCc1ccc(NC(=O)CCC)cc1. The Bertz CT molecular complexity index is 529. The van der Waals surface area contributed by atoms with Crippen LogP contribution in [0.4, 0.5) is 5.69 Å². The van der Waals surface area contributed by atoms with Crippen LogP contribution in [0.2, 0.25) is 0 Å². The van der Waals surface area contributed by atoms with Gasteiger partial charge in [0, 0.05) is 45.5 Å². The number of aliphatic imine (C=N–C) groups is 1. The normalized spacial score (nSPS) is 11.3. The molecule has 26 heavy (non-hydrogen) atoms. The second-order valence-electron chi connectivity index (χ2n) is 6.17. The van der Waals surface area contributed by atoms with Gasteiger partial charge in [-0.15, -0.1) is 0 Å². The van der Waals surface area contributed by atoms with Crippen molar-refractivity contribution in [1.82, 2.24) is 10.6 Å². The number of carbonyl (C=O) groups excluding carboxylic acids is 1. The summed E-state index contributed by atoms with van der Waals surface area (Å²) in [5.41, 5.74) is 1.96. The lowest BCUT2D eigenvalue weighted by atomic mass is 10.2. The quantitative estimate of drug-likeness (QED) is 0.303. The number of carbonyl (C=O) groups is 1. The fourth-order valence-corrected chi connectivity index (χ4v) is 2.29. The van der Waals surface area contributed by atoms with E-state index < -0.39 is 0 Å². The van der Waals surface area contributed by atoms with E-state index in [9.17, 15) is 4.79 Å². The average Bonchev–Trinajstić information content (AvgIpc) is 2.65. The van der Waals surface area contributed by atoms with Crippen LogP contribution in [0, 0.1) is 0 Å². The van der Waals surface area contributed by atoms with Gasteiger partial charge in [0.25, 0.3) is 0 Å². The van der Waals surface area contributed by atoms with Gasteiger partial charge in [-0.2, -0.15) is 0 Å². The highest BCUT2D eigenvalue weighted by Crippen LogP contribution is 2.10. The maximum atomic E-state index is 11.6.